The second-order valence-electron chi connectivity index (χ2n) is 3.18. The van der Waals surface area contributed by atoms with Gasteiger partial charge in [-0.3, -0.25) is 0 Å². The molecule has 0 bridgehead atoms. The fraction of sp³-hybridized carbons (Fsp3) is 0.800. The van der Waals surface area contributed by atoms with Crippen LogP contribution in [0.3, 0.4) is 0 Å². The zero-order valence-electron chi connectivity index (χ0n) is 10.4. The summed E-state index contributed by atoms with van der Waals surface area (Å²) in [5.74, 6) is 0. The lowest BCUT2D eigenvalue weighted by Gasteiger charge is -2.16. The highest BCUT2D eigenvalue weighted by molar-refractivity contribution is 5.61. The molecule has 2 atom stereocenters. The minimum Gasteiger partial charge on any atom is -0.435 e. The summed E-state index contributed by atoms with van der Waals surface area (Å²) < 4.78 is 28.9. The maximum atomic E-state index is 11.1. The van der Waals surface area contributed by atoms with Crippen LogP contribution in [0.2, 0.25) is 0 Å². The fourth-order valence-corrected chi connectivity index (χ4v) is 1.20. The van der Waals surface area contributed by atoms with Crippen LogP contribution in [0, 0.1) is 0 Å². The normalized spacial score (nSPS) is 26.5. The van der Waals surface area contributed by atoms with Crippen LogP contribution in [-0.2, 0) is 28.4 Å². The molecule has 0 amide bonds. The van der Waals surface area contributed by atoms with Crippen molar-refractivity contribution >= 4 is 12.3 Å². The Bertz CT molecular complexity index is 264. The largest absolute Gasteiger partial charge is 0.510 e. The Balaban J connectivity index is 2.48. The lowest BCUT2D eigenvalue weighted by atomic mass is 10.6. The summed E-state index contributed by atoms with van der Waals surface area (Å²) in [6.45, 7) is 5.14. The number of ether oxygens (including phenoxy) is 6. The van der Waals surface area contributed by atoms with Gasteiger partial charge in [-0.25, -0.2) is 9.59 Å². The molecule has 0 saturated carbocycles. The summed E-state index contributed by atoms with van der Waals surface area (Å²) in [5.41, 5.74) is 0. The van der Waals surface area contributed by atoms with E-state index in [4.69, 9.17) is 18.9 Å². The molecule has 1 fully saturated rings. The Morgan fingerprint density at radius 2 is 1.33 bits per heavy atom. The third-order valence-corrected chi connectivity index (χ3v) is 1.82. The van der Waals surface area contributed by atoms with E-state index in [2.05, 4.69) is 9.47 Å². The first-order valence-corrected chi connectivity index (χ1v) is 5.54. The maximum absolute atomic E-state index is 11.1. The van der Waals surface area contributed by atoms with Crippen molar-refractivity contribution in [2.24, 2.45) is 0 Å². The molecule has 0 N–H and O–H groups in total. The maximum Gasteiger partial charge on any atom is 0.510 e. The van der Waals surface area contributed by atoms with Crippen LogP contribution < -0.4 is 0 Å². The number of carbonyl (C=O) groups excluding carboxylic acids is 2. The Morgan fingerprint density at radius 3 is 1.67 bits per heavy atom. The van der Waals surface area contributed by atoms with Crippen LogP contribution in [-0.4, -0.2) is 44.4 Å². The van der Waals surface area contributed by atoms with E-state index in [9.17, 15) is 9.59 Å². The average molecular weight is 264 g/mol. The Morgan fingerprint density at radius 1 is 0.944 bits per heavy atom. The highest BCUT2D eigenvalue weighted by atomic mass is 16.9. The monoisotopic (exact) mass is 264 g/mol. The lowest BCUT2D eigenvalue weighted by molar-refractivity contribution is -0.159. The van der Waals surface area contributed by atoms with E-state index in [0.717, 1.165) is 0 Å². The topological polar surface area (TPSA) is 89.5 Å². The van der Waals surface area contributed by atoms with Gasteiger partial charge in [0.2, 0.25) is 0 Å². The van der Waals surface area contributed by atoms with Gasteiger partial charge in [0.15, 0.2) is 6.29 Å². The summed E-state index contributed by atoms with van der Waals surface area (Å²) >= 11 is 0. The van der Waals surface area contributed by atoms with Crippen LogP contribution in [0.1, 0.15) is 20.8 Å². The molecule has 8 nitrogen and oxygen atoms in total. The molecule has 1 heterocycles. The van der Waals surface area contributed by atoms with Crippen molar-refractivity contribution in [3.05, 3.63) is 0 Å². The molecule has 8 heteroatoms. The molecule has 0 aliphatic carbocycles. The summed E-state index contributed by atoms with van der Waals surface area (Å²) in [6, 6.07) is 0. The Hall–Kier alpha value is -1.54. The van der Waals surface area contributed by atoms with Crippen LogP contribution in [0.4, 0.5) is 9.59 Å². The van der Waals surface area contributed by atoms with E-state index in [0.29, 0.717) is 0 Å². The quantitative estimate of drug-likeness (QED) is 0.703. The van der Waals surface area contributed by atoms with Gasteiger partial charge in [0.1, 0.15) is 0 Å². The minimum absolute atomic E-state index is 0.158. The van der Waals surface area contributed by atoms with E-state index in [1.807, 2.05) is 0 Å². The van der Waals surface area contributed by atoms with Gasteiger partial charge in [0.05, 0.1) is 13.2 Å². The molecule has 1 aliphatic rings. The summed E-state index contributed by atoms with van der Waals surface area (Å²) in [6.07, 6.45) is -4.90. The molecule has 1 rings (SSSR count). The summed E-state index contributed by atoms with van der Waals surface area (Å²) in [7, 11) is 0. The average Bonchev–Trinajstić information content (AvgIpc) is 2.59. The molecule has 0 aromatic heterocycles. The van der Waals surface area contributed by atoms with Gasteiger partial charge in [-0.1, -0.05) is 0 Å². The van der Waals surface area contributed by atoms with Crippen LogP contribution in [0.15, 0.2) is 0 Å². The van der Waals surface area contributed by atoms with Gasteiger partial charge in [-0.15, -0.1) is 0 Å². The van der Waals surface area contributed by atoms with Crippen LogP contribution in [0.25, 0.3) is 0 Å². The Labute approximate surface area is 104 Å². The predicted octanol–water partition coefficient (Wildman–Crippen LogP) is 1.38. The lowest BCUT2D eigenvalue weighted by Crippen LogP contribution is -2.33. The highest BCUT2D eigenvalue weighted by Crippen LogP contribution is 2.21. The zero-order valence-corrected chi connectivity index (χ0v) is 10.4. The number of rotatable bonds is 4. The molecule has 18 heavy (non-hydrogen) atoms. The summed E-state index contributed by atoms with van der Waals surface area (Å²) in [5, 5.41) is 0. The molecule has 0 radical (unpaired) electrons. The van der Waals surface area contributed by atoms with Crippen molar-refractivity contribution in [1.29, 1.82) is 0 Å². The molecule has 1 aliphatic heterocycles. The standard InChI is InChI=1S/C10H16O8/c1-4-13-9(11)17-7-8(16-6(3)15-7)18-10(12)14-5-2/h6-8H,4-5H2,1-3H3. The highest BCUT2D eigenvalue weighted by Gasteiger charge is 2.40. The molecular formula is C10H16O8. The molecule has 104 valence electrons. The van der Waals surface area contributed by atoms with E-state index < -0.39 is 31.2 Å². The molecule has 2 unspecified atom stereocenters. The third kappa shape index (κ3) is 4.38. The molecular weight excluding hydrogens is 248 g/mol. The summed E-state index contributed by atoms with van der Waals surface area (Å²) in [4.78, 5) is 22.2. The van der Waals surface area contributed by atoms with Gasteiger partial charge in [0, 0.05) is 0 Å². The van der Waals surface area contributed by atoms with Crippen molar-refractivity contribution in [2.45, 2.75) is 39.6 Å². The van der Waals surface area contributed by atoms with Gasteiger partial charge < -0.3 is 28.4 Å². The van der Waals surface area contributed by atoms with Crippen molar-refractivity contribution < 1.29 is 38.0 Å². The van der Waals surface area contributed by atoms with Gasteiger partial charge in [-0.05, 0) is 20.8 Å². The molecule has 1 saturated heterocycles. The first-order chi connectivity index (χ1) is 8.56. The SMILES string of the molecule is CCOC(=O)OC1OC(C)OC1OC(=O)OCC. The number of hydrogen-bond acceptors (Lipinski definition) is 8. The van der Waals surface area contributed by atoms with Crippen LogP contribution in [0.5, 0.6) is 0 Å². The second-order valence-corrected chi connectivity index (χ2v) is 3.18. The van der Waals surface area contributed by atoms with Crippen molar-refractivity contribution in [3.8, 4) is 0 Å². The molecule has 0 aromatic rings. The van der Waals surface area contributed by atoms with E-state index >= 15 is 0 Å². The predicted molar refractivity (Wildman–Crippen MR) is 55.4 cm³/mol. The van der Waals surface area contributed by atoms with Crippen molar-refractivity contribution in [2.75, 3.05) is 13.2 Å². The number of hydrogen-bond donors (Lipinski definition) is 0. The van der Waals surface area contributed by atoms with Crippen molar-refractivity contribution in [1.82, 2.24) is 0 Å². The van der Waals surface area contributed by atoms with Gasteiger partial charge in [0.25, 0.3) is 12.6 Å². The van der Waals surface area contributed by atoms with Gasteiger partial charge in [-0.2, -0.15) is 0 Å². The van der Waals surface area contributed by atoms with E-state index in [-0.39, 0.29) is 13.2 Å². The molecule has 0 spiro atoms. The third-order valence-electron chi connectivity index (χ3n) is 1.82. The van der Waals surface area contributed by atoms with E-state index in [1.54, 1.807) is 20.8 Å². The van der Waals surface area contributed by atoms with Crippen molar-refractivity contribution in [3.63, 3.8) is 0 Å². The minimum atomic E-state index is -1.18. The smallest absolute Gasteiger partial charge is 0.435 e. The first-order valence-electron chi connectivity index (χ1n) is 5.54. The second kappa shape index (κ2) is 7.02. The number of carbonyl (C=O) groups is 2. The first kappa shape index (κ1) is 14.5. The zero-order chi connectivity index (χ0) is 13.5. The molecule has 0 aromatic carbocycles. The van der Waals surface area contributed by atoms with Crippen LogP contribution >= 0.6 is 0 Å². The van der Waals surface area contributed by atoms with Gasteiger partial charge >= 0.3 is 12.3 Å². The van der Waals surface area contributed by atoms with E-state index in [1.165, 1.54) is 0 Å². The Kier molecular flexibility index (Phi) is 5.66. The fourth-order valence-electron chi connectivity index (χ4n) is 1.20.